The first-order chi connectivity index (χ1) is 2.89. The van der Waals surface area contributed by atoms with Gasteiger partial charge in [0.2, 0.25) is 0 Å². The first kappa shape index (κ1) is 3.97. The van der Waals surface area contributed by atoms with Crippen LogP contribution in [0.5, 0.6) is 0 Å². The number of aromatic nitrogens is 1. The molecule has 0 bridgehead atoms. The molecule has 0 spiro atoms. The number of aromatic amines is 1. The zero-order valence-electron chi connectivity index (χ0n) is 3.03. The van der Waals surface area contributed by atoms with Crippen LogP contribution in [0.3, 0.4) is 0 Å². The van der Waals surface area contributed by atoms with Crippen molar-refractivity contribution in [2.24, 2.45) is 0 Å². The van der Waals surface area contributed by atoms with E-state index in [9.17, 15) is 0 Å². The van der Waals surface area contributed by atoms with Crippen molar-refractivity contribution in [1.29, 1.82) is 0 Å². The van der Waals surface area contributed by atoms with Gasteiger partial charge in [-0.3, -0.25) is 0 Å². The Kier molecular flexibility index (Phi) is 0.992. The molecule has 0 amide bonds. The number of H-pyrrole nitrogens is 1. The normalized spacial score (nSPS) is 9.00. The van der Waals surface area contributed by atoms with Crippen LogP contribution in [0.2, 0.25) is 0 Å². The van der Waals surface area contributed by atoms with Gasteiger partial charge in [-0.1, -0.05) is 0 Å². The van der Waals surface area contributed by atoms with Crippen LogP contribution in [-0.2, 0) is 16.0 Å². The summed E-state index contributed by atoms with van der Waals surface area (Å²) in [6.07, 6.45) is 1.80. The third-order valence-corrected chi connectivity index (χ3v) is 0.829. The number of hydrogen-bond donors (Lipinski definition) is 1. The van der Waals surface area contributed by atoms with E-state index in [1.807, 2.05) is 12.1 Å². The molecule has 0 aliphatic carbocycles. The van der Waals surface area contributed by atoms with Crippen molar-refractivity contribution in [3.63, 3.8) is 0 Å². The molecular formula is C4H4CuN. The van der Waals surface area contributed by atoms with E-state index in [2.05, 4.69) is 4.98 Å². The van der Waals surface area contributed by atoms with Gasteiger partial charge in [0.15, 0.2) is 0 Å². The Morgan fingerprint density at radius 3 is 2.67 bits per heavy atom. The molecule has 0 fully saturated rings. The second-order valence-electron chi connectivity index (χ2n) is 0.977. The summed E-state index contributed by atoms with van der Waals surface area (Å²) in [6, 6.07) is 3.71. The Balaban J connectivity index is 3.05. The van der Waals surface area contributed by atoms with E-state index in [0.717, 1.165) is 4.59 Å². The van der Waals surface area contributed by atoms with Crippen LogP contribution in [0.4, 0.5) is 0 Å². The summed E-state index contributed by atoms with van der Waals surface area (Å²) in [4.78, 5) is 2.81. The molecule has 36 valence electrons. The predicted molar refractivity (Wildman–Crippen MR) is 20.4 cm³/mol. The number of rotatable bonds is 0. The average molecular weight is 130 g/mol. The summed E-state index contributed by atoms with van der Waals surface area (Å²) in [7, 11) is 0. The van der Waals surface area contributed by atoms with Crippen LogP contribution < -0.4 is 4.59 Å². The van der Waals surface area contributed by atoms with Crippen molar-refractivity contribution in [2.75, 3.05) is 0 Å². The van der Waals surface area contributed by atoms with E-state index in [1.54, 1.807) is 6.20 Å². The van der Waals surface area contributed by atoms with E-state index in [1.165, 1.54) is 0 Å². The maximum atomic E-state index is 4.82. The van der Waals surface area contributed by atoms with Gasteiger partial charge in [0.05, 0.1) is 0 Å². The molecule has 2 heteroatoms. The first-order valence-corrected chi connectivity index (χ1v) is 2.12. The van der Waals surface area contributed by atoms with Crippen LogP contribution in [0.25, 0.3) is 0 Å². The average Bonchev–Trinajstić information content (AvgIpc) is 1.86. The predicted octanol–water partition coefficient (Wildman–Crippen LogP) is 0.187. The Bertz CT molecular complexity index is 111. The third kappa shape index (κ3) is 0.644. The van der Waals surface area contributed by atoms with Crippen molar-refractivity contribution < 1.29 is 16.0 Å². The van der Waals surface area contributed by atoms with E-state index in [0.29, 0.717) is 0 Å². The molecule has 0 unspecified atom stereocenters. The molecule has 1 aromatic rings. The molecule has 0 saturated carbocycles. The van der Waals surface area contributed by atoms with Gasteiger partial charge in [-0.2, -0.15) is 0 Å². The topological polar surface area (TPSA) is 15.8 Å². The van der Waals surface area contributed by atoms with Crippen LogP contribution in [0.1, 0.15) is 0 Å². The van der Waals surface area contributed by atoms with E-state index in [4.69, 9.17) is 16.0 Å². The van der Waals surface area contributed by atoms with Crippen LogP contribution in [-0.4, -0.2) is 4.98 Å². The fraction of sp³-hybridized carbons (Fsp3) is 0. The first-order valence-electron chi connectivity index (χ1n) is 1.64. The quantitative estimate of drug-likeness (QED) is 0.482. The molecule has 1 N–H and O–H groups in total. The minimum absolute atomic E-state index is 0.780. The van der Waals surface area contributed by atoms with Crippen molar-refractivity contribution in [3.05, 3.63) is 18.3 Å². The molecule has 0 aliphatic rings. The van der Waals surface area contributed by atoms with Gasteiger partial charge in [-0.25, -0.2) is 0 Å². The molecule has 1 nitrogen and oxygen atoms in total. The molecule has 0 aromatic carbocycles. The standard InChI is InChI=1S/C4H4N.Cu/c1-2-4-5-3-1;/h1-3,5H;. The summed E-state index contributed by atoms with van der Waals surface area (Å²) in [6.45, 7) is 0. The second kappa shape index (κ2) is 1.50. The van der Waals surface area contributed by atoms with Crippen LogP contribution >= 0.6 is 0 Å². The molecule has 0 aliphatic heterocycles. The molecule has 6 heavy (non-hydrogen) atoms. The fourth-order valence-electron chi connectivity index (χ4n) is 0.295. The Morgan fingerprint density at radius 2 is 2.50 bits per heavy atom. The third-order valence-electron chi connectivity index (χ3n) is 0.536. The zero-order valence-corrected chi connectivity index (χ0v) is 3.98. The number of nitrogens with one attached hydrogen (secondary N) is 1. The van der Waals surface area contributed by atoms with Crippen molar-refractivity contribution >= 4 is 4.59 Å². The van der Waals surface area contributed by atoms with Gasteiger partial charge in [-0.15, -0.1) is 0 Å². The van der Waals surface area contributed by atoms with Gasteiger partial charge in [0.25, 0.3) is 0 Å². The summed E-state index contributed by atoms with van der Waals surface area (Å²) in [5.74, 6) is 0. The van der Waals surface area contributed by atoms with Crippen molar-refractivity contribution in [3.8, 4) is 0 Å². The summed E-state index contributed by atoms with van der Waals surface area (Å²) in [5.41, 5.74) is 0. The summed E-state index contributed by atoms with van der Waals surface area (Å²) in [5, 5.41) is 0. The summed E-state index contributed by atoms with van der Waals surface area (Å²) < 4.78 is 0.780. The molecular weight excluding hydrogens is 126 g/mol. The van der Waals surface area contributed by atoms with Gasteiger partial charge in [0, 0.05) is 0 Å². The van der Waals surface area contributed by atoms with E-state index >= 15 is 0 Å². The van der Waals surface area contributed by atoms with Crippen LogP contribution in [0.15, 0.2) is 18.3 Å². The van der Waals surface area contributed by atoms with Crippen molar-refractivity contribution in [2.45, 2.75) is 0 Å². The molecule has 1 heterocycles. The Morgan fingerprint density at radius 1 is 1.67 bits per heavy atom. The van der Waals surface area contributed by atoms with Gasteiger partial charge >= 0.3 is 43.9 Å². The SMILES string of the molecule is [Cu][c]1ccc[nH]1. The van der Waals surface area contributed by atoms with Crippen molar-refractivity contribution in [1.82, 2.24) is 4.98 Å². The molecule has 0 saturated heterocycles. The van der Waals surface area contributed by atoms with Gasteiger partial charge in [0.1, 0.15) is 0 Å². The fourth-order valence-corrected chi connectivity index (χ4v) is 0.464. The molecule has 1 aromatic heterocycles. The zero-order chi connectivity index (χ0) is 4.41. The minimum atomic E-state index is 0.780. The summed E-state index contributed by atoms with van der Waals surface area (Å²) >= 11 is 4.82. The maximum absolute atomic E-state index is 4.82. The monoisotopic (exact) mass is 129 g/mol. The number of hydrogen-bond acceptors (Lipinski definition) is 0. The Hall–Kier alpha value is -0.201. The molecule has 0 atom stereocenters. The molecule has 0 radical (unpaired) electrons. The van der Waals surface area contributed by atoms with E-state index in [-0.39, 0.29) is 0 Å². The molecule has 1 rings (SSSR count). The second-order valence-corrected chi connectivity index (χ2v) is 1.48. The Labute approximate surface area is 44.6 Å². The van der Waals surface area contributed by atoms with Gasteiger partial charge < -0.3 is 0 Å². The van der Waals surface area contributed by atoms with E-state index < -0.39 is 0 Å². The van der Waals surface area contributed by atoms with Gasteiger partial charge in [-0.05, 0) is 0 Å². The van der Waals surface area contributed by atoms with Crippen LogP contribution in [0, 0.1) is 0 Å².